The predicted octanol–water partition coefficient (Wildman–Crippen LogP) is 4.57. The molecule has 8 heteroatoms. The summed E-state index contributed by atoms with van der Waals surface area (Å²) in [6.45, 7) is 2.07. The number of nitrogens with zero attached hydrogens (tertiary/aromatic N) is 3. The highest BCUT2D eigenvalue weighted by molar-refractivity contribution is 6.36. The maximum atomic E-state index is 11.4. The van der Waals surface area contributed by atoms with Crippen molar-refractivity contribution in [2.75, 3.05) is 31.8 Å². The number of carbonyl (C=O) groups excluding carboxylic acids is 1. The number of aldehydes is 1. The fourth-order valence-electron chi connectivity index (χ4n) is 4.92. The highest BCUT2D eigenvalue weighted by Crippen LogP contribution is 2.42. The molecular formula is C26H24ClN3O4. The number of anilines is 1. The number of ether oxygens (including phenoxy) is 1. The number of fused-ring (bicyclic) bond motifs is 1. The number of benzene rings is 2. The molecule has 1 N–H and O–H groups in total. The summed E-state index contributed by atoms with van der Waals surface area (Å²) in [5.41, 5.74) is 6.01. The first-order chi connectivity index (χ1) is 16.5. The maximum absolute atomic E-state index is 11.4. The average Bonchev–Trinajstić information content (AvgIpc) is 3.51. The smallest absolute Gasteiger partial charge is 0.307 e. The Balaban J connectivity index is 1.52. The molecule has 3 aromatic rings. The van der Waals surface area contributed by atoms with E-state index < -0.39 is 5.97 Å². The van der Waals surface area contributed by atoms with Crippen LogP contribution in [0.25, 0.3) is 22.4 Å². The van der Waals surface area contributed by atoms with Crippen LogP contribution in [0.2, 0.25) is 5.02 Å². The van der Waals surface area contributed by atoms with Crippen molar-refractivity contribution in [2.24, 2.45) is 5.92 Å². The zero-order valence-electron chi connectivity index (χ0n) is 18.7. The number of halogens is 1. The number of pyridine rings is 1. The van der Waals surface area contributed by atoms with Crippen molar-refractivity contribution in [1.82, 2.24) is 9.99 Å². The number of aromatic nitrogens is 1. The summed E-state index contributed by atoms with van der Waals surface area (Å²) in [6, 6.07) is 15.5. The zero-order valence-corrected chi connectivity index (χ0v) is 19.5. The van der Waals surface area contributed by atoms with E-state index in [4.69, 9.17) is 16.3 Å². The van der Waals surface area contributed by atoms with Gasteiger partial charge in [-0.25, -0.2) is 9.99 Å². The topological polar surface area (TPSA) is 83.0 Å². The summed E-state index contributed by atoms with van der Waals surface area (Å²) >= 11 is 6.93. The number of carboxylic acids is 1. The molecule has 0 aliphatic carbocycles. The lowest BCUT2D eigenvalue weighted by molar-refractivity contribution is -0.141. The van der Waals surface area contributed by atoms with Crippen LogP contribution in [0.1, 0.15) is 22.3 Å². The van der Waals surface area contributed by atoms with Crippen LogP contribution in [-0.2, 0) is 11.2 Å². The third-order valence-corrected chi connectivity index (χ3v) is 7.04. The number of carboxylic acid groups (broad SMARTS) is 1. The first-order valence-corrected chi connectivity index (χ1v) is 11.6. The number of rotatable bonds is 6. The molecule has 34 heavy (non-hydrogen) atoms. The standard InChI is InChI=1S/C26H24ClN3O4/c1-34-25-17(15-31)8-9-22(28-25)21-6-2-5-20(24(21)27)18-4-3-7-23-19(18)11-13-30(23)29-12-10-16(14-29)26(32)33/h2-9,15-16H,10-14H2,1H3,(H,32,33)/t16-/m1/s1. The van der Waals surface area contributed by atoms with E-state index >= 15 is 0 Å². The number of aliphatic carboxylic acids is 1. The molecule has 1 aromatic heterocycles. The molecule has 2 aliphatic rings. The van der Waals surface area contributed by atoms with Gasteiger partial charge in [-0.05, 0) is 42.2 Å². The summed E-state index contributed by atoms with van der Waals surface area (Å²) in [7, 11) is 1.48. The highest BCUT2D eigenvalue weighted by Gasteiger charge is 2.34. The molecule has 0 saturated carbocycles. The van der Waals surface area contributed by atoms with Crippen molar-refractivity contribution in [3.8, 4) is 28.3 Å². The Kier molecular flexibility index (Phi) is 5.98. The van der Waals surface area contributed by atoms with Crippen LogP contribution in [0.5, 0.6) is 5.88 Å². The molecule has 174 valence electrons. The molecular weight excluding hydrogens is 454 g/mol. The van der Waals surface area contributed by atoms with E-state index in [0.717, 1.165) is 41.9 Å². The van der Waals surface area contributed by atoms with E-state index in [1.165, 1.54) is 12.7 Å². The van der Waals surface area contributed by atoms with Gasteiger partial charge >= 0.3 is 5.97 Å². The Hall–Kier alpha value is -3.42. The minimum Gasteiger partial charge on any atom is -0.481 e. The fourth-order valence-corrected chi connectivity index (χ4v) is 5.24. The van der Waals surface area contributed by atoms with Crippen molar-refractivity contribution in [2.45, 2.75) is 12.8 Å². The van der Waals surface area contributed by atoms with Crippen LogP contribution in [-0.4, -0.2) is 54.1 Å². The van der Waals surface area contributed by atoms with Crippen molar-refractivity contribution in [1.29, 1.82) is 0 Å². The molecule has 0 bridgehead atoms. The summed E-state index contributed by atoms with van der Waals surface area (Å²) in [4.78, 5) is 27.1. The van der Waals surface area contributed by atoms with Gasteiger partial charge in [-0.3, -0.25) is 9.59 Å². The quantitative estimate of drug-likeness (QED) is 0.520. The molecule has 0 unspecified atom stereocenters. The zero-order chi connectivity index (χ0) is 23.8. The van der Waals surface area contributed by atoms with Crippen LogP contribution in [0.4, 0.5) is 5.69 Å². The van der Waals surface area contributed by atoms with Crippen LogP contribution in [0.15, 0.2) is 48.5 Å². The normalized spacial score (nSPS) is 17.6. The molecule has 5 rings (SSSR count). The second kappa shape index (κ2) is 9.08. The van der Waals surface area contributed by atoms with Crippen LogP contribution in [0.3, 0.4) is 0 Å². The van der Waals surface area contributed by atoms with E-state index in [1.54, 1.807) is 12.1 Å². The van der Waals surface area contributed by atoms with Crippen LogP contribution < -0.4 is 9.75 Å². The second-order valence-electron chi connectivity index (χ2n) is 8.49. The third-order valence-electron chi connectivity index (χ3n) is 6.64. The molecule has 2 aliphatic heterocycles. The summed E-state index contributed by atoms with van der Waals surface area (Å²) < 4.78 is 5.26. The van der Waals surface area contributed by atoms with Crippen molar-refractivity contribution in [3.63, 3.8) is 0 Å². The van der Waals surface area contributed by atoms with Gasteiger partial charge in [-0.2, -0.15) is 0 Å². The lowest BCUT2D eigenvalue weighted by Gasteiger charge is -2.30. The summed E-state index contributed by atoms with van der Waals surface area (Å²) in [5.74, 6) is -0.797. The van der Waals surface area contributed by atoms with Gasteiger partial charge in [0.15, 0.2) is 6.29 Å². The van der Waals surface area contributed by atoms with Crippen molar-refractivity contribution >= 4 is 29.5 Å². The third kappa shape index (κ3) is 3.81. The first kappa shape index (κ1) is 22.4. The Labute approximate surface area is 202 Å². The Morgan fingerprint density at radius 3 is 2.62 bits per heavy atom. The lowest BCUT2D eigenvalue weighted by Crippen LogP contribution is -2.40. The van der Waals surface area contributed by atoms with Crippen LogP contribution >= 0.6 is 11.6 Å². The van der Waals surface area contributed by atoms with Gasteiger partial charge in [-0.15, -0.1) is 0 Å². The van der Waals surface area contributed by atoms with Crippen molar-refractivity contribution in [3.05, 3.63) is 64.7 Å². The molecule has 7 nitrogen and oxygen atoms in total. The van der Waals surface area contributed by atoms with E-state index in [1.807, 2.05) is 24.3 Å². The van der Waals surface area contributed by atoms with Gasteiger partial charge < -0.3 is 14.9 Å². The molecule has 0 radical (unpaired) electrons. The van der Waals surface area contributed by atoms with E-state index in [-0.39, 0.29) is 11.8 Å². The highest BCUT2D eigenvalue weighted by atomic mass is 35.5. The molecule has 3 heterocycles. The second-order valence-corrected chi connectivity index (χ2v) is 8.87. The molecule has 1 fully saturated rings. The van der Waals surface area contributed by atoms with Gasteiger partial charge in [0.2, 0.25) is 5.88 Å². The molecule has 2 aromatic carbocycles. The minimum atomic E-state index is -0.731. The molecule has 1 saturated heterocycles. The van der Waals surface area contributed by atoms with Gasteiger partial charge in [0.05, 0.1) is 35.0 Å². The van der Waals surface area contributed by atoms with Gasteiger partial charge in [-0.1, -0.05) is 41.9 Å². The number of hydrogen-bond donors (Lipinski definition) is 1. The Morgan fingerprint density at radius 2 is 1.88 bits per heavy atom. The van der Waals surface area contributed by atoms with Crippen molar-refractivity contribution < 1.29 is 19.4 Å². The fraction of sp³-hybridized carbons (Fsp3) is 0.269. The SMILES string of the molecule is COc1nc(-c2cccc(-c3cccc4c3CCN4N3CC[C@@H](C(=O)O)C3)c2Cl)ccc1C=O. The lowest BCUT2D eigenvalue weighted by atomic mass is 9.95. The Morgan fingerprint density at radius 1 is 1.12 bits per heavy atom. The number of hydrazine groups is 1. The molecule has 1 atom stereocenters. The van der Waals surface area contributed by atoms with E-state index in [0.29, 0.717) is 35.5 Å². The van der Waals surface area contributed by atoms with E-state index in [2.05, 4.69) is 27.1 Å². The first-order valence-electron chi connectivity index (χ1n) is 11.2. The average molecular weight is 478 g/mol. The van der Waals surface area contributed by atoms with Gasteiger partial charge in [0.1, 0.15) is 0 Å². The predicted molar refractivity (Wildman–Crippen MR) is 130 cm³/mol. The van der Waals surface area contributed by atoms with E-state index in [9.17, 15) is 14.7 Å². The summed E-state index contributed by atoms with van der Waals surface area (Å²) in [5, 5.41) is 14.3. The Bertz CT molecular complexity index is 1280. The largest absolute Gasteiger partial charge is 0.481 e. The molecule has 0 spiro atoms. The number of methoxy groups -OCH3 is 1. The monoisotopic (exact) mass is 477 g/mol. The van der Waals surface area contributed by atoms with Crippen LogP contribution in [0, 0.1) is 5.92 Å². The van der Waals surface area contributed by atoms with Gasteiger partial charge in [0.25, 0.3) is 0 Å². The molecule has 0 amide bonds. The number of hydrogen-bond acceptors (Lipinski definition) is 6. The van der Waals surface area contributed by atoms with Gasteiger partial charge in [0, 0.05) is 30.8 Å². The minimum absolute atomic E-state index is 0.260. The maximum Gasteiger partial charge on any atom is 0.307 e. The number of carbonyl (C=O) groups is 2. The summed E-state index contributed by atoms with van der Waals surface area (Å²) in [6.07, 6.45) is 2.22.